The molecule has 3 unspecified atom stereocenters. The summed E-state index contributed by atoms with van der Waals surface area (Å²) in [4.78, 5) is 22.8. The lowest BCUT2D eigenvalue weighted by atomic mass is 10.1. The highest BCUT2D eigenvalue weighted by Gasteiger charge is 2.48. The number of nitrogens with one attached hydrogen (secondary N) is 1. The lowest BCUT2D eigenvalue weighted by Crippen LogP contribution is -2.26. The number of carbonyl (C=O) groups is 2. The minimum atomic E-state index is -0.903. The summed E-state index contributed by atoms with van der Waals surface area (Å²) in [5.74, 6) is -0.483. The summed E-state index contributed by atoms with van der Waals surface area (Å²) in [7, 11) is 0. The summed E-state index contributed by atoms with van der Waals surface area (Å²) < 4.78 is 11.4. The maximum atomic E-state index is 12.0. The third-order valence-electron chi connectivity index (χ3n) is 4.28. The van der Waals surface area contributed by atoms with Crippen molar-refractivity contribution in [3.05, 3.63) is 23.3 Å². The predicted molar refractivity (Wildman–Crippen MR) is 82.5 cm³/mol. The Morgan fingerprint density at radius 1 is 1.39 bits per heavy atom. The van der Waals surface area contributed by atoms with Crippen LogP contribution in [0.2, 0.25) is 0 Å². The quantitative estimate of drug-likeness (QED) is 0.834. The molecular weight excluding hydrogens is 298 g/mol. The summed E-state index contributed by atoms with van der Waals surface area (Å²) in [6.07, 6.45) is 1.42. The number of benzene rings is 1. The van der Waals surface area contributed by atoms with Crippen LogP contribution in [0.4, 0.5) is 0 Å². The van der Waals surface area contributed by atoms with E-state index >= 15 is 0 Å². The fraction of sp³-hybridized carbons (Fsp3) is 0.529. The van der Waals surface area contributed by atoms with E-state index in [1.54, 1.807) is 0 Å². The Hall–Kier alpha value is -2.24. The first-order chi connectivity index (χ1) is 11.0. The first-order valence-electron chi connectivity index (χ1n) is 7.95. The average Bonchev–Trinajstić information content (AvgIpc) is 3.22. The van der Waals surface area contributed by atoms with Gasteiger partial charge in [0.05, 0.1) is 18.4 Å². The van der Waals surface area contributed by atoms with Crippen LogP contribution >= 0.6 is 0 Å². The molecule has 0 aromatic heterocycles. The third kappa shape index (κ3) is 3.25. The van der Waals surface area contributed by atoms with E-state index in [0.29, 0.717) is 19.6 Å². The van der Waals surface area contributed by atoms with Gasteiger partial charge in [-0.25, -0.2) is 0 Å². The molecule has 23 heavy (non-hydrogen) atoms. The van der Waals surface area contributed by atoms with Gasteiger partial charge in [0.1, 0.15) is 17.6 Å². The summed E-state index contributed by atoms with van der Waals surface area (Å²) in [5, 5.41) is 11.7. The largest absolute Gasteiger partial charge is 0.494 e. The number of fused-ring (bicyclic) bond motifs is 1. The van der Waals surface area contributed by atoms with Gasteiger partial charge in [-0.05, 0) is 32.4 Å². The lowest BCUT2D eigenvalue weighted by Gasteiger charge is -2.13. The van der Waals surface area contributed by atoms with E-state index in [9.17, 15) is 9.59 Å². The molecule has 1 aliphatic heterocycles. The molecule has 0 radical (unpaired) electrons. The van der Waals surface area contributed by atoms with E-state index in [1.807, 2.05) is 26.0 Å². The van der Waals surface area contributed by atoms with Crippen LogP contribution in [0.1, 0.15) is 31.4 Å². The molecule has 2 aliphatic rings. The fourth-order valence-electron chi connectivity index (χ4n) is 2.98. The highest BCUT2D eigenvalue weighted by atomic mass is 16.5. The Balaban J connectivity index is 1.68. The third-order valence-corrected chi connectivity index (χ3v) is 4.28. The number of carboxylic acid groups (broad SMARTS) is 1. The van der Waals surface area contributed by atoms with Crippen LogP contribution in [-0.2, 0) is 22.6 Å². The van der Waals surface area contributed by atoms with Gasteiger partial charge in [0, 0.05) is 24.1 Å². The molecule has 0 saturated heterocycles. The Morgan fingerprint density at radius 2 is 2.17 bits per heavy atom. The maximum Gasteiger partial charge on any atom is 0.307 e. The van der Waals surface area contributed by atoms with E-state index in [2.05, 4.69) is 5.32 Å². The number of aliphatic carboxylic acids is 1. The number of rotatable bonds is 6. The predicted octanol–water partition coefficient (Wildman–Crippen LogP) is 1.75. The maximum absolute atomic E-state index is 12.0. The van der Waals surface area contributed by atoms with E-state index in [1.165, 1.54) is 0 Å². The van der Waals surface area contributed by atoms with Gasteiger partial charge in [-0.15, -0.1) is 0 Å². The highest BCUT2D eigenvalue weighted by Crippen LogP contribution is 2.39. The van der Waals surface area contributed by atoms with Crippen LogP contribution < -0.4 is 14.8 Å². The smallest absolute Gasteiger partial charge is 0.307 e. The summed E-state index contributed by atoms with van der Waals surface area (Å²) >= 11 is 0. The second-order valence-corrected chi connectivity index (χ2v) is 6.14. The van der Waals surface area contributed by atoms with Crippen molar-refractivity contribution in [2.24, 2.45) is 11.8 Å². The van der Waals surface area contributed by atoms with E-state index < -0.39 is 17.8 Å². The standard InChI is InChI=1S/C17H21NO5/c1-3-22-14-5-10-4-9(2)23-15(10)6-11(14)8-18-16(19)12-7-13(12)17(20)21/h5-6,9,12-13H,3-4,7-8H2,1-2H3,(H,18,19)(H,20,21). The Bertz CT molecular complexity index is 642. The topological polar surface area (TPSA) is 84.9 Å². The molecule has 0 bridgehead atoms. The van der Waals surface area contributed by atoms with E-state index in [0.717, 1.165) is 29.0 Å². The lowest BCUT2D eigenvalue weighted by molar-refractivity contribution is -0.140. The van der Waals surface area contributed by atoms with Crippen molar-refractivity contribution in [2.75, 3.05) is 6.61 Å². The van der Waals surface area contributed by atoms with E-state index in [4.69, 9.17) is 14.6 Å². The molecular formula is C17H21NO5. The first-order valence-corrected chi connectivity index (χ1v) is 7.95. The van der Waals surface area contributed by atoms with Crippen LogP contribution in [0.3, 0.4) is 0 Å². The van der Waals surface area contributed by atoms with Gasteiger partial charge in [-0.3, -0.25) is 9.59 Å². The molecule has 124 valence electrons. The number of amides is 1. The normalized spacial score (nSPS) is 24.5. The molecule has 1 aromatic rings. The molecule has 1 aliphatic carbocycles. The number of carboxylic acids is 1. The zero-order valence-corrected chi connectivity index (χ0v) is 13.3. The highest BCUT2D eigenvalue weighted by molar-refractivity contribution is 5.89. The summed E-state index contributed by atoms with van der Waals surface area (Å²) in [6, 6.07) is 3.88. The van der Waals surface area contributed by atoms with Gasteiger partial charge in [-0.1, -0.05) is 0 Å². The second kappa shape index (κ2) is 6.10. The van der Waals surface area contributed by atoms with Crippen molar-refractivity contribution in [1.82, 2.24) is 5.32 Å². The number of ether oxygens (including phenoxy) is 2. The van der Waals surface area contributed by atoms with Crippen LogP contribution in [0.25, 0.3) is 0 Å². The van der Waals surface area contributed by atoms with Crippen molar-refractivity contribution in [1.29, 1.82) is 0 Å². The average molecular weight is 319 g/mol. The molecule has 1 amide bonds. The Morgan fingerprint density at radius 3 is 2.83 bits per heavy atom. The van der Waals surface area contributed by atoms with Crippen LogP contribution in [0, 0.1) is 11.8 Å². The van der Waals surface area contributed by atoms with Gasteiger partial charge >= 0.3 is 5.97 Å². The molecule has 0 spiro atoms. The minimum Gasteiger partial charge on any atom is -0.494 e. The molecule has 1 aromatic carbocycles. The van der Waals surface area contributed by atoms with Crippen LogP contribution in [-0.4, -0.2) is 29.7 Å². The molecule has 2 N–H and O–H groups in total. The van der Waals surface area contributed by atoms with Crippen molar-refractivity contribution in [2.45, 2.75) is 39.3 Å². The SMILES string of the molecule is CCOc1cc2c(cc1CNC(=O)C1CC1C(=O)O)OC(C)C2. The Labute approximate surface area is 134 Å². The zero-order valence-electron chi connectivity index (χ0n) is 13.3. The molecule has 3 rings (SSSR count). The monoisotopic (exact) mass is 319 g/mol. The number of hydrogen-bond donors (Lipinski definition) is 2. The number of hydrogen-bond acceptors (Lipinski definition) is 4. The molecule has 1 saturated carbocycles. The van der Waals surface area contributed by atoms with Gasteiger partial charge in [0.15, 0.2) is 0 Å². The van der Waals surface area contributed by atoms with Crippen molar-refractivity contribution >= 4 is 11.9 Å². The minimum absolute atomic E-state index is 0.145. The van der Waals surface area contributed by atoms with E-state index in [-0.39, 0.29) is 12.0 Å². The summed E-state index contributed by atoms with van der Waals surface area (Å²) in [6.45, 7) is 4.78. The van der Waals surface area contributed by atoms with Gasteiger partial charge < -0.3 is 19.9 Å². The van der Waals surface area contributed by atoms with Crippen LogP contribution in [0.15, 0.2) is 12.1 Å². The van der Waals surface area contributed by atoms with Crippen molar-refractivity contribution in [3.63, 3.8) is 0 Å². The molecule has 6 heteroatoms. The molecule has 3 atom stereocenters. The Kier molecular flexibility index (Phi) is 4.15. The molecule has 1 fully saturated rings. The van der Waals surface area contributed by atoms with Crippen molar-refractivity contribution < 1.29 is 24.2 Å². The molecule has 1 heterocycles. The number of carbonyl (C=O) groups excluding carboxylic acids is 1. The van der Waals surface area contributed by atoms with Gasteiger partial charge in [-0.2, -0.15) is 0 Å². The second-order valence-electron chi connectivity index (χ2n) is 6.14. The van der Waals surface area contributed by atoms with Crippen LogP contribution in [0.5, 0.6) is 11.5 Å². The zero-order chi connectivity index (χ0) is 16.6. The van der Waals surface area contributed by atoms with Gasteiger partial charge in [0.25, 0.3) is 0 Å². The van der Waals surface area contributed by atoms with Crippen molar-refractivity contribution in [3.8, 4) is 11.5 Å². The van der Waals surface area contributed by atoms with Gasteiger partial charge in [0.2, 0.25) is 5.91 Å². The first kappa shape index (κ1) is 15.6. The fourth-order valence-corrected chi connectivity index (χ4v) is 2.98. The summed E-state index contributed by atoms with van der Waals surface area (Å²) in [5.41, 5.74) is 1.96. The molecule has 6 nitrogen and oxygen atoms in total.